The molecule has 4 rings (SSSR count). The van der Waals surface area contributed by atoms with Gasteiger partial charge in [-0.25, -0.2) is 4.98 Å². The van der Waals surface area contributed by atoms with Crippen LogP contribution >= 0.6 is 0 Å². The molecule has 2 aromatic heterocycles. The van der Waals surface area contributed by atoms with Crippen LogP contribution in [0.15, 0.2) is 42.7 Å². The van der Waals surface area contributed by atoms with Gasteiger partial charge in [0.25, 0.3) is 5.91 Å². The van der Waals surface area contributed by atoms with Gasteiger partial charge in [0.05, 0.1) is 0 Å². The van der Waals surface area contributed by atoms with Crippen molar-refractivity contribution in [2.75, 3.05) is 5.32 Å². The highest BCUT2D eigenvalue weighted by molar-refractivity contribution is 6.03. The molecule has 1 aliphatic carbocycles. The summed E-state index contributed by atoms with van der Waals surface area (Å²) in [6.07, 6.45) is 3.06. The van der Waals surface area contributed by atoms with Crippen LogP contribution in [0.3, 0.4) is 0 Å². The third-order valence-electron chi connectivity index (χ3n) is 5.49. The minimum Gasteiger partial charge on any atom is -0.384 e. The molecule has 1 aliphatic rings. The molecule has 3 aromatic rings. The molecule has 29 heavy (non-hydrogen) atoms. The highest BCUT2D eigenvalue weighted by Gasteiger charge is 2.27. The predicted molar refractivity (Wildman–Crippen MR) is 110 cm³/mol. The molecule has 2 atom stereocenters. The Morgan fingerprint density at radius 2 is 2.07 bits per heavy atom. The molecule has 150 valence electrons. The van der Waals surface area contributed by atoms with E-state index in [2.05, 4.69) is 20.5 Å². The summed E-state index contributed by atoms with van der Waals surface area (Å²) < 4.78 is 1.70. The van der Waals surface area contributed by atoms with Crippen molar-refractivity contribution in [1.29, 1.82) is 0 Å². The van der Waals surface area contributed by atoms with Crippen molar-refractivity contribution in [3.05, 3.63) is 71.1 Å². The lowest BCUT2D eigenvalue weighted by molar-refractivity contribution is 0.102. The van der Waals surface area contributed by atoms with Crippen molar-refractivity contribution in [2.24, 2.45) is 7.05 Å². The topological polar surface area (TPSA) is 92.9 Å². The number of carbonyl (C=O) groups excluding carboxylic acids is 1. The molecule has 0 saturated heterocycles. The monoisotopic (exact) mass is 391 g/mol. The second-order valence-electron chi connectivity index (χ2n) is 7.79. The van der Waals surface area contributed by atoms with E-state index in [9.17, 15) is 9.90 Å². The minimum absolute atomic E-state index is 0.214. The number of benzene rings is 1. The number of nitrogens with zero attached hydrogens (tertiary/aromatic N) is 4. The standard InChI is InChI=1S/C22H25N5O2/c1-13-7-10-18(25-19(13)15-8-9-15)22(29)24-17-6-4-5-16(11-17)14(2)20(28)21-26-23-12-27(21)3/h4-7,10-12,14-15,20,28H,8-9H2,1-3H3,(H,24,29). The molecule has 2 N–H and O–H groups in total. The summed E-state index contributed by atoms with van der Waals surface area (Å²) in [5.74, 6) is 0.553. The fraction of sp³-hybridized carbons (Fsp3) is 0.364. The smallest absolute Gasteiger partial charge is 0.274 e. The summed E-state index contributed by atoms with van der Waals surface area (Å²) in [6, 6.07) is 11.2. The van der Waals surface area contributed by atoms with Gasteiger partial charge >= 0.3 is 0 Å². The van der Waals surface area contributed by atoms with Gasteiger partial charge in [-0.1, -0.05) is 25.1 Å². The van der Waals surface area contributed by atoms with Crippen LogP contribution < -0.4 is 5.32 Å². The first-order valence-electron chi connectivity index (χ1n) is 9.85. The second-order valence-corrected chi connectivity index (χ2v) is 7.79. The molecule has 1 amide bonds. The summed E-state index contributed by atoms with van der Waals surface area (Å²) in [4.78, 5) is 17.3. The van der Waals surface area contributed by atoms with Crippen molar-refractivity contribution in [1.82, 2.24) is 19.7 Å². The van der Waals surface area contributed by atoms with E-state index in [1.165, 1.54) is 0 Å². The summed E-state index contributed by atoms with van der Waals surface area (Å²) in [6.45, 7) is 3.96. The van der Waals surface area contributed by atoms with Crippen molar-refractivity contribution in [2.45, 2.75) is 44.6 Å². The van der Waals surface area contributed by atoms with Gasteiger partial charge in [0.1, 0.15) is 18.1 Å². The van der Waals surface area contributed by atoms with Crippen molar-refractivity contribution in [3.63, 3.8) is 0 Å². The third kappa shape index (κ3) is 4.05. The number of aromatic nitrogens is 4. The maximum absolute atomic E-state index is 12.7. The number of carbonyl (C=O) groups is 1. The molecular weight excluding hydrogens is 366 g/mol. The number of anilines is 1. The predicted octanol–water partition coefficient (Wildman–Crippen LogP) is 3.49. The lowest BCUT2D eigenvalue weighted by Gasteiger charge is -2.19. The molecule has 0 bridgehead atoms. The SMILES string of the molecule is Cc1ccc(C(=O)Nc2cccc(C(C)C(O)c3nncn3C)c2)nc1C1CC1. The van der Waals surface area contributed by atoms with Gasteiger partial charge < -0.3 is 15.0 Å². The zero-order valence-electron chi connectivity index (χ0n) is 16.8. The van der Waals surface area contributed by atoms with E-state index in [-0.39, 0.29) is 11.8 Å². The van der Waals surface area contributed by atoms with Gasteiger partial charge in [0, 0.05) is 30.3 Å². The number of nitrogens with one attached hydrogen (secondary N) is 1. The lowest BCUT2D eigenvalue weighted by Crippen LogP contribution is -2.16. The number of amides is 1. The minimum atomic E-state index is -0.798. The van der Waals surface area contributed by atoms with Crippen LogP contribution in [0.1, 0.15) is 70.8 Å². The molecule has 1 fully saturated rings. The molecule has 1 saturated carbocycles. The number of aryl methyl sites for hydroxylation is 2. The molecule has 7 heteroatoms. The van der Waals surface area contributed by atoms with Crippen molar-refractivity contribution >= 4 is 11.6 Å². The van der Waals surface area contributed by atoms with Crippen molar-refractivity contribution < 1.29 is 9.90 Å². The number of pyridine rings is 1. The maximum Gasteiger partial charge on any atom is 0.274 e. The first-order valence-corrected chi connectivity index (χ1v) is 9.85. The second kappa shape index (κ2) is 7.75. The van der Waals surface area contributed by atoms with Gasteiger partial charge in [-0.3, -0.25) is 4.79 Å². The Labute approximate surface area is 169 Å². The number of hydrogen-bond acceptors (Lipinski definition) is 5. The van der Waals surface area contributed by atoms with E-state index in [4.69, 9.17) is 0 Å². The molecule has 1 aromatic carbocycles. The molecule has 2 heterocycles. The fourth-order valence-electron chi connectivity index (χ4n) is 3.50. The average Bonchev–Trinajstić information content (AvgIpc) is 3.47. The van der Waals surface area contributed by atoms with Gasteiger partial charge in [-0.05, 0) is 49.1 Å². The summed E-state index contributed by atoms with van der Waals surface area (Å²) in [7, 11) is 1.80. The quantitative estimate of drug-likeness (QED) is 0.671. The first-order chi connectivity index (χ1) is 13.9. The average molecular weight is 391 g/mol. The van der Waals surface area contributed by atoms with Crippen LogP contribution in [0.5, 0.6) is 0 Å². The Morgan fingerprint density at radius 1 is 1.28 bits per heavy atom. The Balaban J connectivity index is 1.51. The molecule has 0 radical (unpaired) electrons. The molecule has 7 nitrogen and oxygen atoms in total. The fourth-order valence-corrected chi connectivity index (χ4v) is 3.50. The van der Waals surface area contributed by atoms with Crippen molar-refractivity contribution in [3.8, 4) is 0 Å². The number of aliphatic hydroxyl groups excluding tert-OH is 1. The zero-order chi connectivity index (χ0) is 20.5. The zero-order valence-corrected chi connectivity index (χ0v) is 16.8. The van der Waals surface area contributed by atoms with Crippen LogP contribution in [-0.2, 0) is 7.05 Å². The lowest BCUT2D eigenvalue weighted by atomic mass is 9.94. The van der Waals surface area contributed by atoms with Gasteiger partial charge in [0.2, 0.25) is 0 Å². The Kier molecular flexibility index (Phi) is 5.15. The van der Waals surface area contributed by atoms with E-state index >= 15 is 0 Å². The number of rotatable bonds is 6. The van der Waals surface area contributed by atoms with E-state index < -0.39 is 6.10 Å². The molecule has 0 spiro atoms. The van der Waals surface area contributed by atoms with Crippen LogP contribution in [-0.4, -0.2) is 30.8 Å². The highest BCUT2D eigenvalue weighted by Crippen LogP contribution is 2.40. The summed E-state index contributed by atoms with van der Waals surface area (Å²) in [5.41, 5.74) is 4.16. The summed E-state index contributed by atoms with van der Waals surface area (Å²) >= 11 is 0. The van der Waals surface area contributed by atoms with Crippen LogP contribution in [0, 0.1) is 6.92 Å². The third-order valence-corrected chi connectivity index (χ3v) is 5.49. The van der Waals surface area contributed by atoms with Gasteiger partial charge in [-0.15, -0.1) is 10.2 Å². The highest BCUT2D eigenvalue weighted by atomic mass is 16.3. The number of hydrogen-bond donors (Lipinski definition) is 2. The van der Waals surface area contributed by atoms with Gasteiger partial charge in [0.15, 0.2) is 5.82 Å². The first kappa shape index (κ1) is 19.3. The van der Waals surface area contributed by atoms with E-state index in [1.54, 1.807) is 24.0 Å². The largest absolute Gasteiger partial charge is 0.384 e. The maximum atomic E-state index is 12.7. The molecule has 2 unspecified atom stereocenters. The molecule has 0 aliphatic heterocycles. The summed E-state index contributed by atoms with van der Waals surface area (Å²) in [5, 5.41) is 21.4. The van der Waals surface area contributed by atoms with E-state index in [1.807, 2.05) is 44.2 Å². The Morgan fingerprint density at radius 3 is 2.76 bits per heavy atom. The molecular formula is C22H25N5O2. The normalized spacial score (nSPS) is 15.7. The van der Waals surface area contributed by atoms with Crippen LogP contribution in [0.4, 0.5) is 5.69 Å². The number of aliphatic hydroxyl groups is 1. The Bertz CT molecular complexity index is 1040. The van der Waals surface area contributed by atoms with E-state index in [0.717, 1.165) is 29.7 Å². The van der Waals surface area contributed by atoms with Crippen LogP contribution in [0.25, 0.3) is 0 Å². The Hall–Kier alpha value is -3.06. The van der Waals surface area contributed by atoms with Gasteiger partial charge in [-0.2, -0.15) is 0 Å². The van der Waals surface area contributed by atoms with E-state index in [0.29, 0.717) is 23.1 Å². The van der Waals surface area contributed by atoms with Crippen LogP contribution in [0.2, 0.25) is 0 Å².